The van der Waals surface area contributed by atoms with Gasteiger partial charge >= 0.3 is 5.97 Å². The van der Waals surface area contributed by atoms with Gasteiger partial charge in [0.05, 0.1) is 24.1 Å². The zero-order valence-corrected chi connectivity index (χ0v) is 18.0. The van der Waals surface area contributed by atoms with E-state index in [4.69, 9.17) is 26.5 Å². The van der Waals surface area contributed by atoms with Crippen LogP contribution in [0.3, 0.4) is 0 Å². The number of furan rings is 1. The number of thiocarbonyl (C=S) groups is 1. The Labute approximate surface area is 188 Å². The quantitative estimate of drug-likeness (QED) is 0.415. The van der Waals surface area contributed by atoms with E-state index in [-0.39, 0.29) is 11.5 Å². The van der Waals surface area contributed by atoms with E-state index in [2.05, 4.69) is 0 Å². The topological polar surface area (TPSA) is 80.0 Å². The van der Waals surface area contributed by atoms with Crippen LogP contribution < -0.4 is 4.74 Å². The summed E-state index contributed by atoms with van der Waals surface area (Å²) in [4.78, 5) is 25.9. The number of hydrogen-bond donors (Lipinski definition) is 1. The summed E-state index contributed by atoms with van der Waals surface area (Å²) in [5.41, 5.74) is 1.90. The largest absolute Gasteiger partial charge is 0.497 e. The maximum Gasteiger partial charge on any atom is 0.335 e. The second-order valence-corrected chi connectivity index (χ2v) is 8.38. The van der Waals surface area contributed by atoms with Crippen molar-refractivity contribution in [3.05, 3.63) is 82.5 Å². The van der Waals surface area contributed by atoms with Crippen LogP contribution in [-0.4, -0.2) is 33.3 Å². The molecule has 0 unspecified atom stereocenters. The fourth-order valence-corrected chi connectivity index (χ4v) is 4.28. The molecule has 0 saturated carbocycles. The molecule has 1 aliphatic rings. The van der Waals surface area contributed by atoms with Crippen LogP contribution in [0, 0.1) is 0 Å². The maximum atomic E-state index is 12.9. The van der Waals surface area contributed by atoms with E-state index in [0.717, 1.165) is 16.9 Å². The van der Waals surface area contributed by atoms with E-state index in [0.29, 0.717) is 27.3 Å². The molecule has 1 fully saturated rings. The highest BCUT2D eigenvalue weighted by atomic mass is 32.2. The van der Waals surface area contributed by atoms with Gasteiger partial charge in [0.2, 0.25) is 0 Å². The van der Waals surface area contributed by atoms with Crippen LogP contribution in [0.15, 0.2) is 70.0 Å². The Kier molecular flexibility index (Phi) is 5.92. The second-order valence-electron chi connectivity index (χ2n) is 6.70. The van der Waals surface area contributed by atoms with E-state index >= 15 is 0 Å². The first-order valence-electron chi connectivity index (χ1n) is 9.26. The number of thioether (sulfide) groups is 1. The minimum Gasteiger partial charge on any atom is -0.497 e. The predicted octanol–water partition coefficient (Wildman–Crippen LogP) is 5.05. The lowest BCUT2D eigenvalue weighted by molar-refractivity contribution is -0.122. The third-order valence-electron chi connectivity index (χ3n) is 4.69. The number of rotatable bonds is 6. The number of methoxy groups -OCH3 is 1. The Hall–Kier alpha value is -3.36. The first-order chi connectivity index (χ1) is 14.9. The highest BCUT2D eigenvalue weighted by molar-refractivity contribution is 8.26. The molecule has 2 heterocycles. The summed E-state index contributed by atoms with van der Waals surface area (Å²) in [5, 5.41) is 9.01. The highest BCUT2D eigenvalue weighted by Crippen LogP contribution is 2.34. The lowest BCUT2D eigenvalue weighted by atomic mass is 10.1. The number of aromatic carboxylic acids is 1. The average Bonchev–Trinajstić information content (AvgIpc) is 3.35. The van der Waals surface area contributed by atoms with E-state index < -0.39 is 5.97 Å². The van der Waals surface area contributed by atoms with Crippen molar-refractivity contribution in [3.63, 3.8) is 0 Å². The SMILES string of the molecule is COc1ccc(CN2C(=O)/C(=C/c3ccc(-c4ccc(C(=O)O)cc4)o3)SC2=S)cc1. The molecule has 8 heteroatoms. The fraction of sp³-hybridized carbons (Fsp3) is 0.0870. The number of ether oxygens (including phenoxy) is 1. The molecule has 0 aliphatic carbocycles. The Morgan fingerprint density at radius 3 is 2.48 bits per heavy atom. The molecule has 0 atom stereocenters. The molecule has 3 aromatic rings. The summed E-state index contributed by atoms with van der Waals surface area (Å²) in [6.45, 7) is 0.380. The average molecular weight is 452 g/mol. The third-order valence-corrected chi connectivity index (χ3v) is 6.07. The van der Waals surface area contributed by atoms with E-state index in [1.54, 1.807) is 42.4 Å². The van der Waals surface area contributed by atoms with E-state index in [1.807, 2.05) is 24.3 Å². The number of hydrogen-bond acceptors (Lipinski definition) is 6. The van der Waals surface area contributed by atoms with Crippen LogP contribution in [-0.2, 0) is 11.3 Å². The number of carbonyl (C=O) groups is 2. The van der Waals surface area contributed by atoms with E-state index in [1.165, 1.54) is 23.9 Å². The maximum absolute atomic E-state index is 12.9. The van der Waals surface area contributed by atoms with Gasteiger partial charge in [-0.05, 0) is 42.0 Å². The van der Waals surface area contributed by atoms with Gasteiger partial charge in [0.25, 0.3) is 5.91 Å². The summed E-state index contributed by atoms with van der Waals surface area (Å²) in [6.07, 6.45) is 1.67. The number of amides is 1. The van der Waals surface area contributed by atoms with Crippen LogP contribution in [0.2, 0.25) is 0 Å². The summed E-state index contributed by atoms with van der Waals surface area (Å²) in [7, 11) is 1.60. The van der Waals surface area contributed by atoms with Crippen molar-refractivity contribution in [2.75, 3.05) is 7.11 Å². The molecule has 0 radical (unpaired) electrons. The molecule has 1 N–H and O–H groups in total. The summed E-state index contributed by atoms with van der Waals surface area (Å²) in [6, 6.07) is 17.4. The van der Waals surface area contributed by atoms with Crippen molar-refractivity contribution in [2.24, 2.45) is 0 Å². The number of benzene rings is 2. The molecular formula is C23H17NO5S2. The van der Waals surface area contributed by atoms with Gasteiger partial charge in [0.15, 0.2) is 0 Å². The first kappa shape index (κ1) is 20.9. The zero-order valence-electron chi connectivity index (χ0n) is 16.4. The smallest absolute Gasteiger partial charge is 0.335 e. The minimum absolute atomic E-state index is 0.172. The summed E-state index contributed by atoms with van der Waals surface area (Å²) in [5.74, 6) is 0.692. The Morgan fingerprint density at radius 2 is 1.84 bits per heavy atom. The number of carboxylic acids is 1. The van der Waals surface area contributed by atoms with Crippen molar-refractivity contribution in [2.45, 2.75) is 6.54 Å². The van der Waals surface area contributed by atoms with Crippen molar-refractivity contribution in [1.29, 1.82) is 0 Å². The molecule has 0 spiro atoms. The first-order valence-corrected chi connectivity index (χ1v) is 10.5. The van der Waals surface area contributed by atoms with Gasteiger partial charge in [-0.1, -0.05) is 48.2 Å². The van der Waals surface area contributed by atoms with Crippen molar-refractivity contribution >= 4 is 46.3 Å². The molecule has 4 rings (SSSR count). The molecule has 1 amide bonds. The number of nitrogens with zero attached hydrogens (tertiary/aromatic N) is 1. The lowest BCUT2D eigenvalue weighted by Gasteiger charge is -2.14. The van der Waals surface area contributed by atoms with Crippen molar-refractivity contribution in [3.8, 4) is 17.1 Å². The second kappa shape index (κ2) is 8.79. The van der Waals surface area contributed by atoms with Crippen LogP contribution in [0.5, 0.6) is 5.75 Å². The predicted molar refractivity (Wildman–Crippen MR) is 123 cm³/mol. The fourth-order valence-electron chi connectivity index (χ4n) is 3.04. The lowest BCUT2D eigenvalue weighted by Crippen LogP contribution is -2.27. The number of carboxylic acid groups (broad SMARTS) is 1. The molecule has 1 aromatic heterocycles. The molecule has 6 nitrogen and oxygen atoms in total. The normalized spacial score (nSPS) is 15.0. The molecule has 31 heavy (non-hydrogen) atoms. The summed E-state index contributed by atoms with van der Waals surface area (Å²) < 4.78 is 11.5. The standard InChI is InChI=1S/C23H17NO5S2/c1-28-17-8-2-14(3-9-17)13-24-21(25)20(31-23(24)30)12-18-10-11-19(29-18)15-4-6-16(7-5-15)22(26)27/h2-12H,13H2,1H3,(H,26,27)/b20-12-. The zero-order chi connectivity index (χ0) is 22.0. The van der Waals surface area contributed by atoms with Crippen molar-refractivity contribution in [1.82, 2.24) is 4.90 Å². The van der Waals surface area contributed by atoms with Crippen LogP contribution >= 0.6 is 24.0 Å². The third kappa shape index (κ3) is 4.55. The summed E-state index contributed by atoms with van der Waals surface area (Å²) >= 11 is 6.63. The van der Waals surface area contributed by atoms with Gasteiger partial charge < -0.3 is 14.3 Å². The monoisotopic (exact) mass is 451 g/mol. The van der Waals surface area contributed by atoms with Gasteiger partial charge in [-0.3, -0.25) is 9.69 Å². The minimum atomic E-state index is -0.983. The van der Waals surface area contributed by atoms with Crippen molar-refractivity contribution < 1.29 is 23.8 Å². The van der Waals surface area contributed by atoms with Gasteiger partial charge in [0, 0.05) is 11.6 Å². The number of carbonyl (C=O) groups excluding carboxylic acids is 1. The Bertz CT molecular complexity index is 1180. The molecular weight excluding hydrogens is 434 g/mol. The van der Waals surface area contributed by atoms with Gasteiger partial charge in [-0.25, -0.2) is 4.79 Å². The van der Waals surface area contributed by atoms with Crippen LogP contribution in [0.4, 0.5) is 0 Å². The highest BCUT2D eigenvalue weighted by Gasteiger charge is 2.32. The Balaban J connectivity index is 1.49. The van der Waals surface area contributed by atoms with Crippen LogP contribution in [0.1, 0.15) is 21.7 Å². The van der Waals surface area contributed by atoms with Gasteiger partial charge in [-0.15, -0.1) is 0 Å². The van der Waals surface area contributed by atoms with Gasteiger partial charge in [0.1, 0.15) is 21.6 Å². The molecule has 2 aromatic carbocycles. The van der Waals surface area contributed by atoms with Gasteiger partial charge in [-0.2, -0.15) is 0 Å². The van der Waals surface area contributed by atoms with Crippen LogP contribution in [0.25, 0.3) is 17.4 Å². The molecule has 1 saturated heterocycles. The Morgan fingerprint density at radius 1 is 1.13 bits per heavy atom. The molecule has 0 bridgehead atoms. The molecule has 1 aliphatic heterocycles. The molecule has 156 valence electrons. The van der Waals surface area contributed by atoms with E-state index in [9.17, 15) is 9.59 Å².